The number of hydrogen-bond donors (Lipinski definition) is 2. The maximum Gasteiger partial charge on any atom is 0.262 e. The van der Waals surface area contributed by atoms with E-state index in [-0.39, 0.29) is 11.5 Å². The molecule has 0 unspecified atom stereocenters. The summed E-state index contributed by atoms with van der Waals surface area (Å²) in [5.41, 5.74) is 1.14. The average Bonchev–Trinajstić information content (AvgIpc) is 2.64. The van der Waals surface area contributed by atoms with Crippen LogP contribution in [0.1, 0.15) is 30.6 Å². The zero-order valence-electron chi connectivity index (χ0n) is 14.8. The maximum absolute atomic E-state index is 12.8. The first-order valence-electron chi connectivity index (χ1n) is 8.94. The largest absolute Gasteiger partial charge is 0.332 e. The van der Waals surface area contributed by atoms with E-state index >= 15 is 0 Å². The second-order valence-electron chi connectivity index (χ2n) is 6.54. The molecule has 25 heavy (non-hydrogen) atoms. The Morgan fingerprint density at radius 1 is 1.28 bits per heavy atom. The molecule has 2 aromatic rings. The third-order valence-electron chi connectivity index (χ3n) is 4.93. The summed E-state index contributed by atoms with van der Waals surface area (Å²) >= 11 is 5.30. The SMILES string of the molecule is CCCn1c(=S)[nH]c2cc(C(=O)N3CC[NH+](CC)CC3)ccc2c1=O. The molecule has 6 nitrogen and oxygen atoms in total. The van der Waals surface area contributed by atoms with Crippen LogP contribution in [0.2, 0.25) is 0 Å². The van der Waals surface area contributed by atoms with Crippen molar-refractivity contribution in [2.75, 3.05) is 32.7 Å². The molecular formula is C18H25N4O2S+. The van der Waals surface area contributed by atoms with E-state index in [1.165, 1.54) is 4.90 Å². The zero-order chi connectivity index (χ0) is 18.0. The van der Waals surface area contributed by atoms with Crippen molar-refractivity contribution in [3.63, 3.8) is 0 Å². The van der Waals surface area contributed by atoms with Gasteiger partial charge in [-0.2, -0.15) is 0 Å². The maximum atomic E-state index is 12.8. The number of fused-ring (bicyclic) bond motifs is 1. The lowest BCUT2D eigenvalue weighted by Crippen LogP contribution is -3.14. The van der Waals surface area contributed by atoms with Crippen LogP contribution in [0.5, 0.6) is 0 Å². The molecule has 1 fully saturated rings. The molecule has 0 radical (unpaired) electrons. The van der Waals surface area contributed by atoms with Gasteiger partial charge < -0.3 is 14.8 Å². The van der Waals surface area contributed by atoms with E-state index in [1.54, 1.807) is 22.8 Å². The van der Waals surface area contributed by atoms with Crippen LogP contribution in [0, 0.1) is 4.77 Å². The van der Waals surface area contributed by atoms with Gasteiger partial charge in [-0.15, -0.1) is 0 Å². The van der Waals surface area contributed by atoms with Crippen molar-refractivity contribution in [1.82, 2.24) is 14.5 Å². The number of likely N-dealkylation sites (N-methyl/N-ethyl adjacent to an activating group) is 1. The summed E-state index contributed by atoms with van der Waals surface area (Å²) in [6, 6.07) is 5.23. The first-order valence-corrected chi connectivity index (χ1v) is 9.35. The molecule has 2 N–H and O–H groups in total. The van der Waals surface area contributed by atoms with Crippen LogP contribution < -0.4 is 10.5 Å². The highest BCUT2D eigenvalue weighted by atomic mass is 32.1. The van der Waals surface area contributed by atoms with Crippen LogP contribution in [0.15, 0.2) is 23.0 Å². The van der Waals surface area contributed by atoms with Crippen molar-refractivity contribution in [2.45, 2.75) is 26.8 Å². The summed E-state index contributed by atoms with van der Waals surface area (Å²) in [4.78, 5) is 31.9. The van der Waals surface area contributed by atoms with Crippen molar-refractivity contribution >= 4 is 29.0 Å². The molecule has 1 aliphatic rings. The van der Waals surface area contributed by atoms with Gasteiger partial charge in [0.05, 0.1) is 43.6 Å². The number of nitrogens with one attached hydrogen (secondary N) is 2. The van der Waals surface area contributed by atoms with Gasteiger partial charge in [0.2, 0.25) is 0 Å². The predicted molar refractivity (Wildman–Crippen MR) is 101 cm³/mol. The lowest BCUT2D eigenvalue weighted by Gasteiger charge is -2.31. The van der Waals surface area contributed by atoms with Crippen molar-refractivity contribution in [3.05, 3.63) is 38.9 Å². The van der Waals surface area contributed by atoms with Gasteiger partial charge >= 0.3 is 0 Å². The number of H-pyrrole nitrogens is 1. The molecule has 1 aromatic carbocycles. The van der Waals surface area contributed by atoms with Gasteiger partial charge in [-0.05, 0) is 43.8 Å². The van der Waals surface area contributed by atoms with Crippen molar-refractivity contribution in [2.24, 2.45) is 0 Å². The van der Waals surface area contributed by atoms with Crippen LogP contribution >= 0.6 is 12.2 Å². The summed E-state index contributed by atoms with van der Waals surface area (Å²) in [7, 11) is 0. The van der Waals surface area contributed by atoms with Crippen LogP contribution in [0.4, 0.5) is 0 Å². The number of amides is 1. The molecule has 1 aromatic heterocycles. The predicted octanol–water partition coefficient (Wildman–Crippen LogP) is 0.830. The summed E-state index contributed by atoms with van der Waals surface area (Å²) in [6.45, 7) is 9.38. The quantitative estimate of drug-likeness (QED) is 0.793. The van der Waals surface area contributed by atoms with E-state index in [4.69, 9.17) is 12.2 Å². The minimum absolute atomic E-state index is 0.0223. The molecule has 0 bridgehead atoms. The molecule has 3 rings (SSSR count). The molecule has 1 amide bonds. The first kappa shape index (κ1) is 17.8. The van der Waals surface area contributed by atoms with E-state index in [0.29, 0.717) is 27.8 Å². The fourth-order valence-corrected chi connectivity index (χ4v) is 3.66. The Hall–Kier alpha value is -1.99. The molecule has 2 heterocycles. The highest BCUT2D eigenvalue weighted by Gasteiger charge is 2.23. The molecule has 0 saturated carbocycles. The number of carbonyl (C=O) groups is 1. The Kier molecular flexibility index (Phi) is 5.34. The Balaban J connectivity index is 1.91. The van der Waals surface area contributed by atoms with Gasteiger partial charge in [-0.25, -0.2) is 0 Å². The molecule has 0 atom stereocenters. The van der Waals surface area contributed by atoms with Crippen molar-refractivity contribution in [1.29, 1.82) is 0 Å². The van der Waals surface area contributed by atoms with E-state index in [9.17, 15) is 9.59 Å². The fourth-order valence-electron chi connectivity index (χ4n) is 3.38. The molecule has 7 heteroatoms. The number of piperazine rings is 1. The highest BCUT2D eigenvalue weighted by molar-refractivity contribution is 7.71. The molecule has 0 aliphatic carbocycles. The fraction of sp³-hybridized carbons (Fsp3) is 0.500. The summed E-state index contributed by atoms with van der Waals surface area (Å²) < 4.78 is 1.98. The van der Waals surface area contributed by atoms with Crippen molar-refractivity contribution < 1.29 is 9.69 Å². The number of aromatic nitrogens is 2. The normalized spacial score (nSPS) is 15.7. The van der Waals surface area contributed by atoms with Crippen LogP contribution in [0.25, 0.3) is 10.9 Å². The number of carbonyl (C=O) groups excluding carboxylic acids is 1. The highest BCUT2D eigenvalue weighted by Crippen LogP contribution is 2.13. The molecule has 134 valence electrons. The van der Waals surface area contributed by atoms with Crippen LogP contribution in [-0.2, 0) is 6.54 Å². The molecule has 0 spiro atoms. The van der Waals surface area contributed by atoms with Gasteiger partial charge in [0, 0.05) is 12.1 Å². The summed E-state index contributed by atoms with van der Waals surface area (Å²) in [5, 5.41) is 0.568. The number of benzene rings is 1. The van der Waals surface area contributed by atoms with Crippen LogP contribution in [0.3, 0.4) is 0 Å². The van der Waals surface area contributed by atoms with Gasteiger partial charge in [0.15, 0.2) is 4.77 Å². The summed E-state index contributed by atoms with van der Waals surface area (Å²) in [5.74, 6) is 0.0223. The van der Waals surface area contributed by atoms with Crippen LogP contribution in [-0.4, -0.2) is 53.1 Å². The first-order chi connectivity index (χ1) is 12.0. The average molecular weight is 361 g/mol. The third kappa shape index (κ3) is 3.52. The Labute approximate surface area is 152 Å². The molecular weight excluding hydrogens is 336 g/mol. The van der Waals surface area contributed by atoms with E-state index in [1.807, 2.05) is 11.8 Å². The van der Waals surface area contributed by atoms with E-state index in [2.05, 4.69) is 11.9 Å². The second kappa shape index (κ2) is 7.49. The minimum atomic E-state index is -0.0974. The van der Waals surface area contributed by atoms with E-state index in [0.717, 1.165) is 39.1 Å². The molecule has 1 saturated heterocycles. The van der Waals surface area contributed by atoms with E-state index < -0.39 is 0 Å². The Morgan fingerprint density at radius 2 is 2.00 bits per heavy atom. The smallest absolute Gasteiger partial charge is 0.262 e. The standard InChI is InChI=1S/C18H24N4O2S/c1-3-7-22-17(24)14-6-5-13(12-15(14)19-18(22)25)16(23)21-10-8-20(4-2)9-11-21/h5-6,12H,3-4,7-11H2,1-2H3,(H,19,25)/p+1. The number of rotatable bonds is 4. The summed E-state index contributed by atoms with van der Waals surface area (Å²) in [6.07, 6.45) is 0.838. The van der Waals surface area contributed by atoms with Gasteiger partial charge in [0.1, 0.15) is 0 Å². The number of aromatic amines is 1. The zero-order valence-corrected chi connectivity index (χ0v) is 15.6. The lowest BCUT2D eigenvalue weighted by atomic mass is 10.1. The van der Waals surface area contributed by atoms with Gasteiger partial charge in [0.25, 0.3) is 11.5 Å². The van der Waals surface area contributed by atoms with Gasteiger partial charge in [-0.1, -0.05) is 6.92 Å². The Bertz CT molecular complexity index is 894. The molecule has 1 aliphatic heterocycles. The number of nitrogens with zero attached hydrogens (tertiary/aromatic N) is 2. The second-order valence-corrected chi connectivity index (χ2v) is 6.93. The van der Waals surface area contributed by atoms with Crippen molar-refractivity contribution in [3.8, 4) is 0 Å². The lowest BCUT2D eigenvalue weighted by molar-refractivity contribution is -0.902. The minimum Gasteiger partial charge on any atom is -0.332 e. The topological polar surface area (TPSA) is 62.5 Å². The third-order valence-corrected chi connectivity index (χ3v) is 5.26. The van der Waals surface area contributed by atoms with Gasteiger partial charge in [-0.3, -0.25) is 14.2 Å². The Morgan fingerprint density at radius 3 is 2.64 bits per heavy atom. The monoisotopic (exact) mass is 361 g/mol. The number of hydrogen-bond acceptors (Lipinski definition) is 3. The number of quaternary nitrogens is 1.